The van der Waals surface area contributed by atoms with Crippen molar-refractivity contribution in [1.82, 2.24) is 0 Å². The van der Waals surface area contributed by atoms with Crippen molar-refractivity contribution in [3.8, 4) is 0 Å². The van der Waals surface area contributed by atoms with E-state index in [0.717, 1.165) is 17.9 Å². The van der Waals surface area contributed by atoms with Crippen molar-refractivity contribution in [2.24, 2.45) is 11.8 Å². The third-order valence-corrected chi connectivity index (χ3v) is 4.78. The molecule has 0 aromatic heterocycles. The number of hydrogen-bond donors (Lipinski definition) is 0. The molecule has 0 radical (unpaired) electrons. The molecule has 0 unspecified atom stereocenters. The molecule has 2 aliphatic carbocycles. The Morgan fingerprint density at radius 1 is 1.33 bits per heavy atom. The first-order valence-electron chi connectivity index (χ1n) is 7.00. The first-order valence-corrected chi connectivity index (χ1v) is 7.00. The van der Waals surface area contributed by atoms with Gasteiger partial charge in [0.15, 0.2) is 0 Å². The van der Waals surface area contributed by atoms with Crippen LogP contribution in [0.1, 0.15) is 38.2 Å². The highest BCUT2D eigenvalue weighted by molar-refractivity contribution is 5.84. The minimum absolute atomic E-state index is 0.00315. The maximum atomic E-state index is 12.5. The predicted molar refractivity (Wildman–Crippen MR) is 70.2 cm³/mol. The highest BCUT2D eigenvalue weighted by Gasteiger charge is 2.57. The fourth-order valence-electron chi connectivity index (χ4n) is 4.05. The average Bonchev–Trinajstić information content (AvgIpc) is 3.01. The molecule has 2 nitrogen and oxygen atoms in total. The molecule has 1 aromatic carbocycles. The van der Waals surface area contributed by atoms with Crippen LogP contribution in [0.25, 0.3) is 0 Å². The topological polar surface area (TPSA) is 26.3 Å². The van der Waals surface area contributed by atoms with Gasteiger partial charge in [-0.25, -0.2) is 0 Å². The van der Waals surface area contributed by atoms with Crippen molar-refractivity contribution in [3.05, 3.63) is 35.9 Å². The van der Waals surface area contributed by atoms with E-state index >= 15 is 0 Å². The van der Waals surface area contributed by atoms with Crippen LogP contribution in [0.5, 0.6) is 0 Å². The normalized spacial score (nSPS) is 33.6. The van der Waals surface area contributed by atoms with Crippen molar-refractivity contribution < 1.29 is 9.53 Å². The zero-order valence-corrected chi connectivity index (χ0v) is 10.9. The third kappa shape index (κ3) is 1.58. The van der Waals surface area contributed by atoms with Crippen LogP contribution >= 0.6 is 0 Å². The summed E-state index contributed by atoms with van der Waals surface area (Å²) in [5.41, 5.74) is 0.816. The number of benzene rings is 1. The zero-order chi connectivity index (χ0) is 12.6. The maximum Gasteiger partial charge on any atom is 0.316 e. The Balaban J connectivity index is 2.02. The summed E-state index contributed by atoms with van der Waals surface area (Å²) in [6, 6.07) is 10.3. The smallest absolute Gasteiger partial charge is 0.316 e. The van der Waals surface area contributed by atoms with Gasteiger partial charge in [-0.15, -0.1) is 0 Å². The number of esters is 1. The molecule has 3 rings (SSSR count). The molecule has 0 N–H and O–H groups in total. The van der Waals surface area contributed by atoms with Crippen LogP contribution in [-0.2, 0) is 14.9 Å². The standard InChI is InChI=1S/C16H20O2/c1-2-18-15(17)16(13-6-4-3-5-7-13)11-12-8-9-14(16)10-12/h3-7,12,14H,2,8-11H2,1H3/t12-,14+,16-/m1/s1. The number of ether oxygens (including phenoxy) is 1. The second kappa shape index (κ2) is 4.42. The molecule has 0 amide bonds. The molecule has 2 heteroatoms. The second-order valence-electron chi connectivity index (χ2n) is 5.64. The van der Waals surface area contributed by atoms with Gasteiger partial charge in [-0.1, -0.05) is 36.8 Å². The maximum absolute atomic E-state index is 12.5. The number of fused-ring (bicyclic) bond motifs is 2. The summed E-state index contributed by atoms with van der Waals surface area (Å²) in [5, 5.41) is 0. The largest absolute Gasteiger partial charge is 0.465 e. The van der Waals surface area contributed by atoms with Crippen LogP contribution in [0.2, 0.25) is 0 Å². The van der Waals surface area contributed by atoms with Crippen molar-refractivity contribution in [2.45, 2.75) is 38.0 Å². The van der Waals surface area contributed by atoms with Crippen LogP contribution in [0.3, 0.4) is 0 Å². The van der Waals surface area contributed by atoms with Gasteiger partial charge in [0.25, 0.3) is 0 Å². The molecule has 2 fully saturated rings. The van der Waals surface area contributed by atoms with E-state index in [-0.39, 0.29) is 11.4 Å². The SMILES string of the molecule is CCOC(=O)[C@@]1(c2ccccc2)C[C@@H]2CC[C@H]1C2. The van der Waals surface area contributed by atoms with Gasteiger partial charge >= 0.3 is 5.97 Å². The van der Waals surface area contributed by atoms with E-state index in [1.807, 2.05) is 25.1 Å². The number of carbonyl (C=O) groups excluding carboxylic acids is 1. The van der Waals surface area contributed by atoms with Gasteiger partial charge in [0.2, 0.25) is 0 Å². The van der Waals surface area contributed by atoms with Gasteiger partial charge < -0.3 is 4.74 Å². The quantitative estimate of drug-likeness (QED) is 0.762. The Hall–Kier alpha value is -1.31. The van der Waals surface area contributed by atoms with E-state index in [9.17, 15) is 4.79 Å². The van der Waals surface area contributed by atoms with E-state index < -0.39 is 0 Å². The number of hydrogen-bond acceptors (Lipinski definition) is 2. The number of carbonyl (C=O) groups is 1. The molecule has 0 spiro atoms. The summed E-state index contributed by atoms with van der Waals surface area (Å²) < 4.78 is 5.40. The van der Waals surface area contributed by atoms with E-state index in [1.165, 1.54) is 19.3 Å². The van der Waals surface area contributed by atoms with E-state index in [0.29, 0.717) is 12.5 Å². The lowest BCUT2D eigenvalue weighted by Crippen LogP contribution is -2.42. The Morgan fingerprint density at radius 3 is 2.67 bits per heavy atom. The molecule has 96 valence electrons. The monoisotopic (exact) mass is 244 g/mol. The summed E-state index contributed by atoms with van der Waals surface area (Å²) in [4.78, 5) is 12.5. The van der Waals surface area contributed by atoms with Gasteiger partial charge in [-0.05, 0) is 43.6 Å². The van der Waals surface area contributed by atoms with Gasteiger partial charge in [-0.2, -0.15) is 0 Å². The molecule has 0 heterocycles. The minimum atomic E-state index is -0.347. The fraction of sp³-hybridized carbons (Fsp3) is 0.562. The molecule has 3 atom stereocenters. The van der Waals surface area contributed by atoms with Crippen LogP contribution in [-0.4, -0.2) is 12.6 Å². The van der Waals surface area contributed by atoms with E-state index in [2.05, 4.69) is 12.1 Å². The molecular formula is C16H20O2. The third-order valence-electron chi connectivity index (χ3n) is 4.78. The molecule has 0 aliphatic heterocycles. The van der Waals surface area contributed by atoms with Crippen LogP contribution in [0.15, 0.2) is 30.3 Å². The van der Waals surface area contributed by atoms with Crippen molar-refractivity contribution in [1.29, 1.82) is 0 Å². The lowest BCUT2D eigenvalue weighted by Gasteiger charge is -2.35. The van der Waals surface area contributed by atoms with Crippen LogP contribution in [0.4, 0.5) is 0 Å². The molecule has 1 aromatic rings. The van der Waals surface area contributed by atoms with Gasteiger partial charge in [0.05, 0.1) is 12.0 Å². The Kier molecular flexibility index (Phi) is 2.89. The molecule has 18 heavy (non-hydrogen) atoms. The summed E-state index contributed by atoms with van der Waals surface area (Å²) in [6.45, 7) is 2.37. The van der Waals surface area contributed by atoms with E-state index in [4.69, 9.17) is 4.74 Å². The lowest BCUT2D eigenvalue weighted by atomic mass is 9.68. The highest BCUT2D eigenvalue weighted by Crippen LogP contribution is 2.57. The second-order valence-corrected chi connectivity index (χ2v) is 5.64. The lowest BCUT2D eigenvalue weighted by molar-refractivity contribution is -0.152. The predicted octanol–water partition coefficient (Wildman–Crippen LogP) is 3.31. The van der Waals surface area contributed by atoms with Crippen molar-refractivity contribution in [2.75, 3.05) is 6.61 Å². The van der Waals surface area contributed by atoms with Gasteiger partial charge in [0, 0.05) is 0 Å². The van der Waals surface area contributed by atoms with Crippen LogP contribution in [0, 0.1) is 11.8 Å². The van der Waals surface area contributed by atoms with E-state index in [1.54, 1.807) is 0 Å². The molecule has 2 aliphatic rings. The molecular weight excluding hydrogens is 224 g/mol. The zero-order valence-electron chi connectivity index (χ0n) is 10.9. The molecule has 2 bridgehead atoms. The fourth-order valence-corrected chi connectivity index (χ4v) is 4.05. The Bertz CT molecular complexity index is 440. The average molecular weight is 244 g/mol. The summed E-state index contributed by atoms with van der Waals surface area (Å²) in [5.74, 6) is 1.21. The highest BCUT2D eigenvalue weighted by atomic mass is 16.5. The Morgan fingerprint density at radius 2 is 2.11 bits per heavy atom. The van der Waals surface area contributed by atoms with Gasteiger partial charge in [-0.3, -0.25) is 4.79 Å². The van der Waals surface area contributed by atoms with Crippen molar-refractivity contribution in [3.63, 3.8) is 0 Å². The van der Waals surface area contributed by atoms with Crippen LogP contribution < -0.4 is 0 Å². The van der Waals surface area contributed by atoms with Crippen molar-refractivity contribution >= 4 is 5.97 Å². The minimum Gasteiger partial charge on any atom is -0.465 e. The summed E-state index contributed by atoms with van der Waals surface area (Å²) >= 11 is 0. The first-order chi connectivity index (χ1) is 8.77. The Labute approximate surface area is 108 Å². The molecule has 2 saturated carbocycles. The summed E-state index contributed by atoms with van der Waals surface area (Å²) in [7, 11) is 0. The van der Waals surface area contributed by atoms with Gasteiger partial charge in [0.1, 0.15) is 0 Å². The number of rotatable bonds is 3. The molecule has 0 saturated heterocycles. The summed E-state index contributed by atoms with van der Waals surface area (Å²) in [6.07, 6.45) is 4.66. The first kappa shape index (κ1) is 11.8.